The van der Waals surface area contributed by atoms with E-state index in [0.29, 0.717) is 38.9 Å². The van der Waals surface area contributed by atoms with E-state index in [-0.39, 0.29) is 34.4 Å². The monoisotopic (exact) mass is 456 g/mol. The zero-order valence-electron chi connectivity index (χ0n) is 22.2. The highest BCUT2D eigenvalue weighted by molar-refractivity contribution is 5.60. The van der Waals surface area contributed by atoms with Gasteiger partial charge in [-0.3, -0.25) is 9.68 Å². The Labute approximate surface area is 196 Å². The van der Waals surface area contributed by atoms with Crippen molar-refractivity contribution in [3.8, 4) is 0 Å². The largest absolute Gasteiger partial charge is 0.508 e. The summed E-state index contributed by atoms with van der Waals surface area (Å²) in [4.78, 5) is 24.9. The van der Waals surface area contributed by atoms with Crippen LogP contribution in [0.25, 0.3) is 0 Å². The van der Waals surface area contributed by atoms with E-state index in [2.05, 4.69) is 79.4 Å². The van der Waals surface area contributed by atoms with Gasteiger partial charge in [0.15, 0.2) is 0 Å². The molecule has 0 aromatic carbocycles. The van der Waals surface area contributed by atoms with Crippen molar-refractivity contribution >= 4 is 6.16 Å². The van der Waals surface area contributed by atoms with Crippen molar-refractivity contribution in [3.63, 3.8) is 0 Å². The van der Waals surface area contributed by atoms with Crippen LogP contribution in [0.5, 0.6) is 0 Å². The van der Waals surface area contributed by atoms with Crippen molar-refractivity contribution in [1.82, 2.24) is 10.1 Å². The van der Waals surface area contributed by atoms with Crippen molar-refractivity contribution in [2.75, 3.05) is 13.2 Å². The molecule has 2 aliphatic heterocycles. The van der Waals surface area contributed by atoms with Crippen LogP contribution >= 0.6 is 0 Å². The van der Waals surface area contributed by atoms with Crippen LogP contribution in [0.1, 0.15) is 108 Å². The van der Waals surface area contributed by atoms with Crippen LogP contribution in [0.3, 0.4) is 0 Å². The van der Waals surface area contributed by atoms with E-state index < -0.39 is 6.16 Å². The Morgan fingerprint density at radius 2 is 0.938 bits per heavy atom. The topological polar surface area (TPSA) is 60.5 Å². The van der Waals surface area contributed by atoms with Gasteiger partial charge in [0, 0.05) is 47.8 Å². The lowest BCUT2D eigenvalue weighted by atomic mass is 9.80. The Bertz CT molecular complexity index is 544. The van der Waals surface area contributed by atoms with Crippen molar-refractivity contribution in [3.05, 3.63) is 0 Å². The maximum Gasteiger partial charge on any atom is 0.508 e. The number of ether oxygens (including phenoxy) is 2. The Balaban J connectivity index is 1.99. The summed E-state index contributed by atoms with van der Waals surface area (Å²) in [5, 5.41) is 4.18. The highest BCUT2D eigenvalue weighted by Crippen LogP contribution is 2.42. The minimum absolute atomic E-state index is 0.206. The van der Waals surface area contributed by atoms with Crippen LogP contribution in [0, 0.1) is 0 Å². The van der Waals surface area contributed by atoms with E-state index in [9.17, 15) is 4.79 Å². The zero-order chi connectivity index (χ0) is 24.4. The van der Waals surface area contributed by atoms with E-state index >= 15 is 0 Å². The lowest BCUT2D eigenvalue weighted by molar-refractivity contribution is -0.296. The maximum atomic E-state index is 12.8. The number of hydroxylamine groups is 4. The summed E-state index contributed by atoms with van der Waals surface area (Å²) < 4.78 is 11.7. The number of rotatable bonds is 8. The number of carbonyl (C=O) groups excluding carboxylic acids is 1. The molecule has 2 fully saturated rings. The fourth-order valence-electron chi connectivity index (χ4n) is 5.87. The van der Waals surface area contributed by atoms with Crippen LogP contribution in [-0.2, 0) is 19.1 Å². The summed E-state index contributed by atoms with van der Waals surface area (Å²) in [5.41, 5.74) is -0.969. The van der Waals surface area contributed by atoms with Crippen molar-refractivity contribution in [1.29, 1.82) is 0 Å². The maximum absolute atomic E-state index is 12.8. The third kappa shape index (κ3) is 6.58. The summed E-state index contributed by atoms with van der Waals surface area (Å²) in [7, 11) is 0. The van der Waals surface area contributed by atoms with Crippen molar-refractivity contribution in [2.24, 2.45) is 0 Å². The van der Waals surface area contributed by atoms with E-state index in [1.54, 1.807) is 0 Å². The van der Waals surface area contributed by atoms with Gasteiger partial charge in [0.1, 0.15) is 12.2 Å². The molecule has 188 valence electrons. The van der Waals surface area contributed by atoms with E-state index in [0.717, 1.165) is 12.8 Å². The predicted octanol–water partition coefficient (Wildman–Crippen LogP) is 5.87. The SMILES string of the molecule is CCCON1C(C)(C)CC(OC(=O)OC2CC(C)(C)N(OCCC)C(C)(C)C2)CC1(C)C. The summed E-state index contributed by atoms with van der Waals surface area (Å²) in [5.74, 6) is 0. The smallest absolute Gasteiger partial charge is 0.431 e. The average molecular weight is 457 g/mol. The van der Waals surface area contributed by atoms with Gasteiger partial charge in [0.2, 0.25) is 0 Å². The number of hydrogen-bond acceptors (Lipinski definition) is 7. The first kappa shape index (κ1) is 27.4. The molecule has 0 amide bonds. The molecule has 0 aromatic heterocycles. The van der Waals surface area contributed by atoms with Gasteiger partial charge in [0.25, 0.3) is 0 Å². The summed E-state index contributed by atoms with van der Waals surface area (Å²) in [6, 6.07) is 0. The zero-order valence-corrected chi connectivity index (χ0v) is 22.2. The fraction of sp³-hybridized carbons (Fsp3) is 0.960. The van der Waals surface area contributed by atoms with Crippen LogP contribution < -0.4 is 0 Å². The van der Waals surface area contributed by atoms with E-state index in [1.165, 1.54) is 0 Å². The van der Waals surface area contributed by atoms with Gasteiger partial charge >= 0.3 is 6.16 Å². The first-order chi connectivity index (χ1) is 14.6. The van der Waals surface area contributed by atoms with Crippen LogP contribution in [0.4, 0.5) is 4.79 Å². The van der Waals surface area contributed by atoms with Gasteiger partial charge in [-0.2, -0.15) is 10.1 Å². The molecule has 0 aromatic rings. The number of hydrogen-bond donors (Lipinski definition) is 0. The number of carbonyl (C=O) groups is 1. The minimum atomic E-state index is -0.566. The molecule has 2 aliphatic rings. The molecule has 0 atom stereocenters. The van der Waals surface area contributed by atoms with Gasteiger partial charge in [-0.1, -0.05) is 13.8 Å². The van der Waals surface area contributed by atoms with Gasteiger partial charge in [-0.05, 0) is 68.2 Å². The summed E-state index contributed by atoms with van der Waals surface area (Å²) >= 11 is 0. The third-order valence-corrected chi connectivity index (χ3v) is 6.48. The summed E-state index contributed by atoms with van der Waals surface area (Å²) in [6.45, 7) is 22.7. The van der Waals surface area contributed by atoms with Crippen molar-refractivity contribution in [2.45, 2.75) is 142 Å². The molecule has 32 heavy (non-hydrogen) atoms. The Kier molecular flexibility index (Phi) is 8.69. The summed E-state index contributed by atoms with van der Waals surface area (Å²) in [6.07, 6.45) is 3.76. The number of piperidine rings is 2. The molecule has 7 heteroatoms. The molecule has 0 saturated carbocycles. The molecular weight excluding hydrogens is 408 g/mol. The van der Waals surface area contributed by atoms with Crippen LogP contribution in [0.2, 0.25) is 0 Å². The second-order valence-corrected chi connectivity index (χ2v) is 12.1. The molecule has 0 aliphatic carbocycles. The highest BCUT2D eigenvalue weighted by atomic mass is 16.7. The molecule has 0 N–H and O–H groups in total. The van der Waals surface area contributed by atoms with Gasteiger partial charge in [0.05, 0.1) is 13.2 Å². The highest BCUT2D eigenvalue weighted by Gasteiger charge is 2.50. The Morgan fingerprint density at radius 1 is 0.656 bits per heavy atom. The quantitative estimate of drug-likeness (QED) is 0.424. The molecule has 0 unspecified atom stereocenters. The van der Waals surface area contributed by atoms with Crippen LogP contribution in [0.15, 0.2) is 0 Å². The fourth-order valence-corrected chi connectivity index (χ4v) is 5.87. The number of nitrogens with zero attached hydrogens (tertiary/aromatic N) is 2. The molecule has 0 radical (unpaired) electrons. The first-order valence-electron chi connectivity index (χ1n) is 12.4. The lowest BCUT2D eigenvalue weighted by Crippen LogP contribution is -2.62. The molecule has 0 spiro atoms. The second-order valence-electron chi connectivity index (χ2n) is 12.1. The Morgan fingerprint density at radius 3 is 1.19 bits per heavy atom. The average Bonchev–Trinajstić information content (AvgIpc) is 2.57. The normalized spacial score (nSPS) is 26.1. The molecular formula is C25H48N2O5. The predicted molar refractivity (Wildman–Crippen MR) is 126 cm³/mol. The second kappa shape index (κ2) is 10.2. The van der Waals surface area contributed by atoms with E-state index in [4.69, 9.17) is 19.1 Å². The minimum Gasteiger partial charge on any atom is -0.431 e. The molecule has 2 heterocycles. The van der Waals surface area contributed by atoms with Gasteiger partial charge < -0.3 is 9.47 Å². The first-order valence-corrected chi connectivity index (χ1v) is 12.4. The van der Waals surface area contributed by atoms with Gasteiger partial charge in [-0.25, -0.2) is 4.79 Å². The van der Waals surface area contributed by atoms with E-state index in [1.807, 2.05) is 0 Å². The van der Waals surface area contributed by atoms with Crippen molar-refractivity contribution < 1.29 is 23.9 Å². The lowest BCUT2D eigenvalue weighted by Gasteiger charge is -2.53. The Hall–Kier alpha value is -0.890. The third-order valence-electron chi connectivity index (χ3n) is 6.48. The molecule has 2 rings (SSSR count). The standard InChI is InChI=1S/C25H48N2O5/c1-11-13-29-26-22(3,4)15-19(16-23(26,5)6)31-21(28)32-20-17-24(7,8)27(30-14-12-2)25(9,10)18-20/h19-20H,11-18H2,1-10H3. The molecule has 2 saturated heterocycles. The molecule has 7 nitrogen and oxygen atoms in total. The molecule has 0 bridgehead atoms. The van der Waals surface area contributed by atoms with Crippen LogP contribution in [-0.4, -0.2) is 63.9 Å². The van der Waals surface area contributed by atoms with Gasteiger partial charge in [-0.15, -0.1) is 0 Å².